The van der Waals surface area contributed by atoms with Crippen LogP contribution in [0.15, 0.2) is 24.4 Å². The molecule has 0 unspecified atom stereocenters. The van der Waals surface area contributed by atoms with Crippen molar-refractivity contribution in [2.75, 3.05) is 11.9 Å². The molecular weight excluding hydrogens is 368 g/mol. The second-order valence-corrected chi connectivity index (χ2v) is 6.50. The lowest BCUT2D eigenvalue weighted by atomic mass is 10.1. The van der Waals surface area contributed by atoms with Gasteiger partial charge >= 0.3 is 6.03 Å². The van der Waals surface area contributed by atoms with Gasteiger partial charge in [0.2, 0.25) is 5.91 Å². The third-order valence-electron chi connectivity index (χ3n) is 4.48. The summed E-state index contributed by atoms with van der Waals surface area (Å²) >= 11 is 0. The van der Waals surface area contributed by atoms with E-state index in [1.54, 1.807) is 19.9 Å². The molecule has 0 radical (unpaired) electrons. The number of nitrogens with one attached hydrogen (secondary N) is 2. The van der Waals surface area contributed by atoms with Crippen LogP contribution in [0.3, 0.4) is 0 Å². The molecule has 0 fully saturated rings. The fourth-order valence-corrected chi connectivity index (χ4v) is 2.91. The highest BCUT2D eigenvalue weighted by molar-refractivity contribution is 5.94. The summed E-state index contributed by atoms with van der Waals surface area (Å²) in [6.45, 7) is 2.93. The fourth-order valence-electron chi connectivity index (χ4n) is 2.91. The van der Waals surface area contributed by atoms with Crippen LogP contribution < -0.4 is 10.6 Å². The highest BCUT2D eigenvalue weighted by Crippen LogP contribution is 2.27. The highest BCUT2D eigenvalue weighted by Gasteiger charge is 2.28. The predicted molar refractivity (Wildman–Crippen MR) is 96.0 cm³/mol. The molecule has 1 aliphatic heterocycles. The summed E-state index contributed by atoms with van der Waals surface area (Å²) < 4.78 is 27.4. The Hall–Kier alpha value is -3.54. The van der Waals surface area contributed by atoms with Gasteiger partial charge in [0.15, 0.2) is 11.6 Å². The Balaban J connectivity index is 1.67. The van der Waals surface area contributed by atoms with Gasteiger partial charge in [0.25, 0.3) is 0 Å². The van der Waals surface area contributed by atoms with E-state index >= 15 is 0 Å². The van der Waals surface area contributed by atoms with Crippen molar-refractivity contribution in [3.05, 3.63) is 58.4 Å². The SMILES string of the molecule is Cc1cc([C@@H](C)NC(=O)CN2Cc3c(ccc(F)c3F)NC2=O)ncc1C#N. The lowest BCUT2D eigenvalue weighted by Crippen LogP contribution is -2.45. The monoisotopic (exact) mass is 385 g/mol. The van der Waals surface area contributed by atoms with E-state index in [9.17, 15) is 18.4 Å². The van der Waals surface area contributed by atoms with Crippen LogP contribution >= 0.6 is 0 Å². The quantitative estimate of drug-likeness (QED) is 0.846. The second-order valence-electron chi connectivity index (χ2n) is 6.50. The van der Waals surface area contributed by atoms with E-state index in [0.717, 1.165) is 16.5 Å². The molecule has 28 heavy (non-hydrogen) atoms. The highest BCUT2D eigenvalue weighted by atomic mass is 19.2. The summed E-state index contributed by atoms with van der Waals surface area (Å²) in [6.07, 6.45) is 1.43. The summed E-state index contributed by atoms with van der Waals surface area (Å²) in [5.41, 5.74) is 1.92. The van der Waals surface area contributed by atoms with E-state index in [1.165, 1.54) is 12.3 Å². The number of aromatic nitrogens is 1. The number of urea groups is 1. The zero-order valence-electron chi connectivity index (χ0n) is 15.2. The van der Waals surface area contributed by atoms with Crippen molar-refractivity contribution in [3.63, 3.8) is 0 Å². The van der Waals surface area contributed by atoms with Crippen LogP contribution in [0.5, 0.6) is 0 Å². The Morgan fingerprint density at radius 1 is 1.46 bits per heavy atom. The zero-order valence-corrected chi connectivity index (χ0v) is 15.2. The maximum Gasteiger partial charge on any atom is 0.322 e. The molecule has 0 spiro atoms. The molecule has 1 aromatic carbocycles. The predicted octanol–water partition coefficient (Wildman–Crippen LogP) is 2.76. The summed E-state index contributed by atoms with van der Waals surface area (Å²) in [7, 11) is 0. The maximum absolute atomic E-state index is 14.0. The third kappa shape index (κ3) is 3.76. The molecule has 2 aromatic rings. The molecule has 0 aliphatic carbocycles. The number of nitriles is 1. The van der Waals surface area contributed by atoms with Gasteiger partial charge in [-0.15, -0.1) is 0 Å². The number of amides is 3. The van der Waals surface area contributed by atoms with Crippen molar-refractivity contribution in [1.29, 1.82) is 5.26 Å². The largest absolute Gasteiger partial charge is 0.346 e. The molecule has 0 saturated carbocycles. The number of carbonyl (C=O) groups excluding carboxylic acids is 2. The van der Waals surface area contributed by atoms with Gasteiger partial charge in [-0.2, -0.15) is 5.26 Å². The van der Waals surface area contributed by atoms with Gasteiger partial charge in [0.05, 0.1) is 29.5 Å². The number of anilines is 1. The van der Waals surface area contributed by atoms with E-state index in [1.807, 2.05) is 6.07 Å². The first-order valence-electron chi connectivity index (χ1n) is 8.49. The molecule has 1 aromatic heterocycles. The number of hydrogen-bond donors (Lipinski definition) is 2. The molecule has 2 heterocycles. The minimum absolute atomic E-state index is 0.00941. The van der Waals surface area contributed by atoms with Crippen molar-refractivity contribution >= 4 is 17.6 Å². The average molecular weight is 385 g/mol. The molecule has 1 atom stereocenters. The van der Waals surface area contributed by atoms with Crippen LogP contribution in [0.1, 0.15) is 35.3 Å². The smallest absolute Gasteiger partial charge is 0.322 e. The number of pyridine rings is 1. The second kappa shape index (κ2) is 7.60. The van der Waals surface area contributed by atoms with E-state index in [-0.39, 0.29) is 24.3 Å². The first-order valence-corrected chi connectivity index (χ1v) is 8.49. The Bertz CT molecular complexity index is 1000. The van der Waals surface area contributed by atoms with E-state index < -0.39 is 29.6 Å². The number of benzene rings is 1. The van der Waals surface area contributed by atoms with Gasteiger partial charge in [-0.3, -0.25) is 9.78 Å². The van der Waals surface area contributed by atoms with Crippen molar-refractivity contribution in [1.82, 2.24) is 15.2 Å². The Kier molecular flexibility index (Phi) is 5.22. The third-order valence-corrected chi connectivity index (χ3v) is 4.48. The summed E-state index contributed by atoms with van der Waals surface area (Å²) in [6, 6.07) is 4.90. The van der Waals surface area contributed by atoms with Crippen molar-refractivity contribution in [2.24, 2.45) is 0 Å². The maximum atomic E-state index is 14.0. The molecular formula is C19H17F2N5O2. The number of hydrogen-bond acceptors (Lipinski definition) is 4. The number of fused-ring (bicyclic) bond motifs is 1. The fraction of sp³-hybridized carbons (Fsp3) is 0.263. The van der Waals surface area contributed by atoms with Crippen molar-refractivity contribution in [3.8, 4) is 6.07 Å². The molecule has 1 aliphatic rings. The van der Waals surface area contributed by atoms with Crippen LogP contribution in [-0.2, 0) is 11.3 Å². The molecule has 0 saturated heterocycles. The molecule has 144 valence electrons. The van der Waals surface area contributed by atoms with Crippen LogP contribution in [0, 0.1) is 29.9 Å². The zero-order chi connectivity index (χ0) is 20.4. The number of halogens is 2. The normalized spacial score (nSPS) is 14.0. The average Bonchev–Trinajstić information content (AvgIpc) is 2.66. The Labute approximate surface area is 160 Å². The van der Waals surface area contributed by atoms with E-state index in [4.69, 9.17) is 5.26 Å². The number of rotatable bonds is 4. The molecule has 3 amide bonds. The molecule has 3 rings (SSSR count). The number of nitrogens with zero attached hydrogens (tertiary/aromatic N) is 3. The van der Waals surface area contributed by atoms with Crippen LogP contribution in [-0.4, -0.2) is 28.4 Å². The van der Waals surface area contributed by atoms with E-state index in [2.05, 4.69) is 15.6 Å². The molecule has 2 N–H and O–H groups in total. The van der Waals surface area contributed by atoms with Gasteiger partial charge in [-0.05, 0) is 37.6 Å². The van der Waals surface area contributed by atoms with Gasteiger partial charge < -0.3 is 15.5 Å². The minimum Gasteiger partial charge on any atom is -0.346 e. The number of aryl methyl sites for hydroxylation is 1. The van der Waals surface area contributed by atoms with Crippen LogP contribution in [0.4, 0.5) is 19.3 Å². The molecule has 9 heteroatoms. The minimum atomic E-state index is -1.05. The first kappa shape index (κ1) is 19.2. The van der Waals surface area contributed by atoms with Crippen LogP contribution in [0.2, 0.25) is 0 Å². The van der Waals surface area contributed by atoms with Gasteiger partial charge in [-0.25, -0.2) is 13.6 Å². The Morgan fingerprint density at radius 2 is 2.21 bits per heavy atom. The lowest BCUT2D eigenvalue weighted by molar-refractivity contribution is -0.122. The summed E-state index contributed by atoms with van der Waals surface area (Å²) in [5, 5.41) is 14.1. The van der Waals surface area contributed by atoms with E-state index in [0.29, 0.717) is 11.3 Å². The van der Waals surface area contributed by atoms with Gasteiger partial charge in [0, 0.05) is 11.8 Å². The van der Waals surface area contributed by atoms with Gasteiger partial charge in [-0.1, -0.05) is 0 Å². The van der Waals surface area contributed by atoms with Crippen molar-refractivity contribution in [2.45, 2.75) is 26.4 Å². The summed E-state index contributed by atoms with van der Waals surface area (Å²) in [4.78, 5) is 29.7. The van der Waals surface area contributed by atoms with Crippen LogP contribution in [0.25, 0.3) is 0 Å². The van der Waals surface area contributed by atoms with Gasteiger partial charge in [0.1, 0.15) is 12.6 Å². The standard InChI is InChI=1S/C19H17F2N5O2/c1-10-5-16(23-7-12(10)6-22)11(2)24-17(27)9-26-8-13-15(25-19(26)28)4-3-14(20)18(13)21/h3-5,7,11H,8-9H2,1-2H3,(H,24,27)(H,25,28)/t11-/m1/s1. The van der Waals surface area contributed by atoms with Crippen molar-refractivity contribution < 1.29 is 18.4 Å². The first-order chi connectivity index (χ1) is 13.3. The molecule has 7 nitrogen and oxygen atoms in total. The topological polar surface area (TPSA) is 98.1 Å². The number of carbonyl (C=O) groups is 2. The Morgan fingerprint density at radius 3 is 2.89 bits per heavy atom. The summed E-state index contributed by atoms with van der Waals surface area (Å²) in [5.74, 6) is -2.55. The molecule has 0 bridgehead atoms. The lowest BCUT2D eigenvalue weighted by Gasteiger charge is -2.29.